The van der Waals surface area contributed by atoms with E-state index in [1.807, 2.05) is 0 Å². The van der Waals surface area contributed by atoms with E-state index < -0.39 is 0 Å². The molecule has 1 atom stereocenters. The highest BCUT2D eigenvalue weighted by molar-refractivity contribution is 6.92. The molecule has 4 heavy (non-hydrogen) atoms. The third kappa shape index (κ3) is 26.9. The van der Waals surface area contributed by atoms with Gasteiger partial charge in [0.1, 0.15) is 0 Å². The lowest BCUT2D eigenvalue weighted by atomic mass is 10.6. The van der Waals surface area contributed by atoms with Gasteiger partial charge in [0.2, 0.25) is 0 Å². The molecule has 0 aromatic rings. The molecule has 0 spiro atoms. The maximum absolute atomic E-state index is 2.12. The van der Waals surface area contributed by atoms with Crippen LogP contribution in [-0.4, -0.2) is 0 Å². The first-order valence-electron chi connectivity index (χ1n) is 1.41. The molecule has 0 bridgehead atoms. The molecule has 0 aromatic heterocycles. The van der Waals surface area contributed by atoms with E-state index in [1.165, 1.54) is 6.42 Å². The fraction of sp³-hybridized carbons (Fsp3) is 1.00. The summed E-state index contributed by atoms with van der Waals surface area (Å²) in [6.45, 7) is 4.25. The number of hydrogen-bond acceptors (Lipinski definition) is 0. The molecule has 0 rings (SSSR count). The number of rotatable bonds is 0. The van der Waals surface area contributed by atoms with E-state index in [0.29, 0.717) is 0 Å². The van der Waals surface area contributed by atoms with Crippen LogP contribution in [0.2, 0.25) is 0 Å². The van der Waals surface area contributed by atoms with Crippen molar-refractivity contribution in [3.05, 3.63) is 0 Å². The van der Waals surface area contributed by atoms with Gasteiger partial charge in [-0.1, -0.05) is 20.3 Å². The van der Waals surface area contributed by atoms with Crippen molar-refractivity contribution in [2.45, 2.75) is 20.3 Å². The molecule has 0 nitrogen and oxygen atoms in total. The highest BCUT2D eigenvalue weighted by Crippen LogP contribution is 1.56. The van der Waals surface area contributed by atoms with Gasteiger partial charge in [0.15, 0.2) is 0 Å². The molecule has 1 unspecified atom stereocenters. The summed E-state index contributed by atoms with van der Waals surface area (Å²) < 4.78 is 0. The maximum atomic E-state index is 2.12. The first-order valence-corrected chi connectivity index (χ1v) is 1.41. The van der Waals surface area contributed by atoms with Gasteiger partial charge >= 0.3 is 0 Å². The molecule has 0 fully saturated rings. The Morgan fingerprint density at radius 3 is 1.25 bits per heavy atom. The molecule has 0 aromatic carbocycles. The third-order valence-electron chi connectivity index (χ3n) is 0. The minimum absolute atomic E-state index is 0. The van der Waals surface area contributed by atoms with E-state index in [0.717, 1.165) is 0 Å². The average molecular weight is 78.1 g/mol. The Kier molecular flexibility index (Phi) is 21.9. The van der Waals surface area contributed by atoms with Crippen LogP contribution < -0.4 is 0 Å². The second-order valence-electron chi connectivity index (χ2n) is 0.707. The Morgan fingerprint density at radius 2 is 1.25 bits per heavy atom. The van der Waals surface area contributed by atoms with E-state index in [2.05, 4.69) is 13.8 Å². The largest absolute Gasteiger partial charge is 0.153 e. The summed E-state index contributed by atoms with van der Waals surface area (Å²) >= 11 is 0. The van der Waals surface area contributed by atoms with E-state index >= 15 is 0 Å². The van der Waals surface area contributed by atoms with E-state index in [4.69, 9.17) is 0 Å². The van der Waals surface area contributed by atoms with Crippen LogP contribution in [0, 0.1) is 0 Å². The number of hydrogen-bond donors (Lipinski definition) is 0. The molecule has 1 heteroatoms. The van der Waals surface area contributed by atoms with Crippen molar-refractivity contribution >= 4 is 9.90 Å². The van der Waals surface area contributed by atoms with Crippen LogP contribution in [0.3, 0.4) is 0 Å². The van der Waals surface area contributed by atoms with Gasteiger partial charge in [0.25, 0.3) is 0 Å². The summed E-state index contributed by atoms with van der Waals surface area (Å²) in [7, 11) is 0. The molecule has 0 amide bonds. The summed E-state index contributed by atoms with van der Waals surface area (Å²) in [5.74, 6) is 0. The van der Waals surface area contributed by atoms with Gasteiger partial charge in [-0.2, -0.15) is 9.90 Å². The fourth-order valence-corrected chi connectivity index (χ4v) is 0. The SMILES string of the molecule is CCC.P. The van der Waals surface area contributed by atoms with Gasteiger partial charge in [-0.05, 0) is 0 Å². The third-order valence-corrected chi connectivity index (χ3v) is 0. The molecule has 0 saturated carbocycles. The zero-order chi connectivity index (χ0) is 2.71. The Labute approximate surface area is 31.2 Å². The lowest BCUT2D eigenvalue weighted by Gasteiger charge is -1.48. The van der Waals surface area contributed by atoms with Crippen molar-refractivity contribution in [3.63, 3.8) is 0 Å². The molecule has 0 aliphatic heterocycles. The smallest absolute Gasteiger partial charge is 0.0590 e. The zero-order valence-corrected chi connectivity index (χ0v) is 4.83. The van der Waals surface area contributed by atoms with Crippen LogP contribution in [0.25, 0.3) is 0 Å². The van der Waals surface area contributed by atoms with Crippen molar-refractivity contribution in [2.24, 2.45) is 0 Å². The minimum atomic E-state index is 0. The minimum Gasteiger partial charge on any atom is -0.153 e. The first kappa shape index (κ1) is 8.83. The van der Waals surface area contributed by atoms with Crippen molar-refractivity contribution in [2.75, 3.05) is 0 Å². The lowest BCUT2D eigenvalue weighted by molar-refractivity contribution is 1.09. The van der Waals surface area contributed by atoms with Crippen LogP contribution in [0.1, 0.15) is 20.3 Å². The van der Waals surface area contributed by atoms with Gasteiger partial charge < -0.3 is 0 Å². The zero-order valence-electron chi connectivity index (χ0n) is 3.41. The standard InChI is InChI=1S/C3H8.H3P/c1-3-2;/h3H2,1-2H3;1H3. The quantitative estimate of drug-likeness (QED) is 0.385. The maximum Gasteiger partial charge on any atom is -0.0590 e. The molecule has 0 aliphatic carbocycles. The summed E-state index contributed by atoms with van der Waals surface area (Å²) in [6, 6.07) is 0. The van der Waals surface area contributed by atoms with Crippen LogP contribution in [0.4, 0.5) is 0 Å². The Bertz CT molecular complexity index is 3.25. The van der Waals surface area contributed by atoms with Crippen molar-refractivity contribution in [1.82, 2.24) is 0 Å². The lowest BCUT2D eigenvalue weighted by Crippen LogP contribution is -1.27. The Balaban J connectivity index is 0. The highest BCUT2D eigenvalue weighted by atomic mass is 31.0. The van der Waals surface area contributed by atoms with Gasteiger partial charge in [-0.25, -0.2) is 0 Å². The Morgan fingerprint density at radius 1 is 1.25 bits per heavy atom. The van der Waals surface area contributed by atoms with Crippen molar-refractivity contribution in [1.29, 1.82) is 0 Å². The summed E-state index contributed by atoms with van der Waals surface area (Å²) in [5, 5.41) is 0. The molecular formula is C3H11P. The van der Waals surface area contributed by atoms with Crippen LogP contribution in [0.15, 0.2) is 0 Å². The van der Waals surface area contributed by atoms with Crippen molar-refractivity contribution in [3.8, 4) is 0 Å². The first-order chi connectivity index (χ1) is 1.41. The highest BCUT2D eigenvalue weighted by Gasteiger charge is 1.35. The van der Waals surface area contributed by atoms with E-state index in [1.54, 1.807) is 0 Å². The second-order valence-corrected chi connectivity index (χ2v) is 0.707. The fourth-order valence-electron chi connectivity index (χ4n) is 0. The van der Waals surface area contributed by atoms with Gasteiger partial charge in [-0.15, -0.1) is 0 Å². The normalized spacial score (nSPS) is 4.50. The van der Waals surface area contributed by atoms with Crippen molar-refractivity contribution < 1.29 is 0 Å². The monoisotopic (exact) mass is 78.1 g/mol. The van der Waals surface area contributed by atoms with Crippen LogP contribution in [-0.2, 0) is 0 Å². The molecule has 28 valence electrons. The summed E-state index contributed by atoms with van der Waals surface area (Å²) in [5.41, 5.74) is 0. The molecule has 0 saturated heterocycles. The van der Waals surface area contributed by atoms with Gasteiger partial charge in [-0.3, -0.25) is 0 Å². The molecule has 0 aliphatic rings. The molecular weight excluding hydrogens is 67.0 g/mol. The molecule has 0 heterocycles. The van der Waals surface area contributed by atoms with E-state index in [9.17, 15) is 0 Å². The van der Waals surface area contributed by atoms with Gasteiger partial charge in [0.05, 0.1) is 0 Å². The second kappa shape index (κ2) is 9.90. The Hall–Kier alpha value is 0.430. The average Bonchev–Trinajstić information content (AvgIpc) is 0.918. The topological polar surface area (TPSA) is 0 Å². The van der Waals surface area contributed by atoms with E-state index in [-0.39, 0.29) is 9.90 Å². The molecule has 0 N–H and O–H groups in total. The van der Waals surface area contributed by atoms with Crippen LogP contribution >= 0.6 is 9.90 Å². The summed E-state index contributed by atoms with van der Waals surface area (Å²) in [6.07, 6.45) is 1.25. The van der Waals surface area contributed by atoms with Crippen LogP contribution in [0.5, 0.6) is 0 Å². The molecule has 0 radical (unpaired) electrons. The predicted octanol–water partition coefficient (Wildman–Crippen LogP) is 1.47. The van der Waals surface area contributed by atoms with Gasteiger partial charge in [0, 0.05) is 0 Å². The summed E-state index contributed by atoms with van der Waals surface area (Å²) in [4.78, 5) is 0. The predicted molar refractivity (Wildman–Crippen MR) is 27.1 cm³/mol.